The number of halogens is 2. The SMILES string of the molecule is C=Nc1ncc(-c2cccnc2-c2ccc(F)c(Cl)c2)cc1/C=C\C. The average Bonchev–Trinajstić information content (AvgIpc) is 2.64. The van der Waals surface area contributed by atoms with Crippen molar-refractivity contribution >= 4 is 30.2 Å². The minimum atomic E-state index is -0.457. The highest BCUT2D eigenvalue weighted by Crippen LogP contribution is 2.33. The smallest absolute Gasteiger partial charge is 0.158 e. The standard InChI is InChI=1S/C20H15ClFN3/c1-3-5-14-10-15(12-25-20(14)23-2)16-6-4-9-24-19(16)13-7-8-18(22)17(21)11-13/h3-12H,2H2,1H3/b5-3-. The van der Waals surface area contributed by atoms with E-state index in [0.29, 0.717) is 11.5 Å². The Morgan fingerprint density at radius 1 is 1.16 bits per heavy atom. The lowest BCUT2D eigenvalue weighted by atomic mass is 9.99. The first-order valence-electron chi connectivity index (χ1n) is 7.64. The van der Waals surface area contributed by atoms with Gasteiger partial charge in [-0.25, -0.2) is 14.4 Å². The van der Waals surface area contributed by atoms with Gasteiger partial charge in [-0.15, -0.1) is 0 Å². The molecule has 3 aromatic rings. The van der Waals surface area contributed by atoms with Crippen molar-refractivity contribution in [2.45, 2.75) is 6.92 Å². The van der Waals surface area contributed by atoms with E-state index in [9.17, 15) is 4.39 Å². The maximum absolute atomic E-state index is 13.5. The molecule has 25 heavy (non-hydrogen) atoms. The molecule has 0 saturated carbocycles. The molecule has 2 heterocycles. The van der Waals surface area contributed by atoms with Crippen molar-refractivity contribution in [3.8, 4) is 22.4 Å². The summed E-state index contributed by atoms with van der Waals surface area (Å²) in [5.74, 6) is 0.110. The molecule has 3 nitrogen and oxygen atoms in total. The van der Waals surface area contributed by atoms with Crippen LogP contribution in [0.3, 0.4) is 0 Å². The lowest BCUT2D eigenvalue weighted by molar-refractivity contribution is 0.628. The molecular formula is C20H15ClFN3. The number of aliphatic imine (C=N–C) groups is 1. The first-order chi connectivity index (χ1) is 12.1. The summed E-state index contributed by atoms with van der Waals surface area (Å²) >= 11 is 5.92. The molecule has 0 aliphatic carbocycles. The second kappa shape index (κ2) is 7.36. The Hall–Kier alpha value is -2.85. The van der Waals surface area contributed by atoms with Gasteiger partial charge in [0.15, 0.2) is 5.82 Å². The van der Waals surface area contributed by atoms with E-state index < -0.39 is 5.82 Å². The molecule has 5 heteroatoms. The Labute approximate surface area is 150 Å². The Bertz CT molecular complexity index is 967. The molecule has 0 unspecified atom stereocenters. The van der Waals surface area contributed by atoms with E-state index in [0.717, 1.165) is 22.3 Å². The van der Waals surface area contributed by atoms with Gasteiger partial charge in [-0.05, 0) is 44.0 Å². The molecule has 0 bridgehead atoms. The summed E-state index contributed by atoms with van der Waals surface area (Å²) < 4.78 is 13.5. The normalized spacial score (nSPS) is 11.0. The van der Waals surface area contributed by atoms with E-state index >= 15 is 0 Å². The lowest BCUT2D eigenvalue weighted by Gasteiger charge is -2.11. The van der Waals surface area contributed by atoms with E-state index in [1.165, 1.54) is 6.07 Å². The van der Waals surface area contributed by atoms with Crippen LogP contribution in [-0.2, 0) is 0 Å². The van der Waals surface area contributed by atoms with Crippen LogP contribution in [0.1, 0.15) is 12.5 Å². The zero-order valence-corrected chi connectivity index (χ0v) is 14.3. The summed E-state index contributed by atoms with van der Waals surface area (Å²) in [7, 11) is 0. The van der Waals surface area contributed by atoms with Gasteiger partial charge in [0, 0.05) is 34.6 Å². The quantitative estimate of drug-likeness (QED) is 0.543. The number of benzene rings is 1. The molecule has 0 spiro atoms. The van der Waals surface area contributed by atoms with Crippen LogP contribution in [0.2, 0.25) is 5.02 Å². The zero-order chi connectivity index (χ0) is 17.8. The van der Waals surface area contributed by atoms with E-state index in [2.05, 4.69) is 21.7 Å². The summed E-state index contributed by atoms with van der Waals surface area (Å²) in [6.07, 6.45) is 7.25. The van der Waals surface area contributed by atoms with Crippen molar-refractivity contribution in [2.24, 2.45) is 4.99 Å². The first kappa shape index (κ1) is 17.0. The summed E-state index contributed by atoms with van der Waals surface area (Å²) in [6.45, 7) is 5.48. The second-order valence-electron chi connectivity index (χ2n) is 5.32. The third kappa shape index (κ3) is 3.49. The van der Waals surface area contributed by atoms with Gasteiger partial charge in [0.25, 0.3) is 0 Å². The van der Waals surface area contributed by atoms with Crippen molar-refractivity contribution in [1.82, 2.24) is 9.97 Å². The van der Waals surface area contributed by atoms with Crippen LogP contribution < -0.4 is 0 Å². The predicted molar refractivity (Wildman–Crippen MR) is 102 cm³/mol. The highest BCUT2D eigenvalue weighted by Gasteiger charge is 2.12. The van der Waals surface area contributed by atoms with Gasteiger partial charge in [0.1, 0.15) is 5.82 Å². The summed E-state index contributed by atoms with van der Waals surface area (Å²) in [4.78, 5) is 12.8. The van der Waals surface area contributed by atoms with Gasteiger partial charge in [0.05, 0.1) is 10.7 Å². The predicted octanol–water partition coefficient (Wildman–Crippen LogP) is 5.97. The van der Waals surface area contributed by atoms with Crippen LogP contribution in [0.5, 0.6) is 0 Å². The number of rotatable bonds is 4. The van der Waals surface area contributed by atoms with E-state index in [1.807, 2.05) is 37.3 Å². The van der Waals surface area contributed by atoms with Crippen molar-refractivity contribution in [2.75, 3.05) is 0 Å². The van der Waals surface area contributed by atoms with Crippen molar-refractivity contribution in [3.05, 3.63) is 71.3 Å². The maximum Gasteiger partial charge on any atom is 0.158 e. The molecular weight excluding hydrogens is 337 g/mol. The Balaban J connectivity index is 2.17. The molecule has 0 aliphatic rings. The highest BCUT2D eigenvalue weighted by atomic mass is 35.5. The summed E-state index contributed by atoms with van der Waals surface area (Å²) in [5, 5.41) is 0.0630. The molecule has 0 amide bonds. The van der Waals surface area contributed by atoms with Crippen LogP contribution in [0.25, 0.3) is 28.5 Å². The van der Waals surface area contributed by atoms with Crippen LogP contribution in [-0.4, -0.2) is 16.7 Å². The molecule has 0 fully saturated rings. The van der Waals surface area contributed by atoms with Crippen LogP contribution in [0, 0.1) is 5.82 Å². The van der Waals surface area contributed by atoms with Gasteiger partial charge >= 0.3 is 0 Å². The third-order valence-electron chi connectivity index (χ3n) is 3.70. The number of nitrogens with zero attached hydrogens (tertiary/aromatic N) is 3. The summed E-state index contributed by atoms with van der Waals surface area (Å²) in [5.41, 5.74) is 4.06. The number of hydrogen-bond acceptors (Lipinski definition) is 3. The average molecular weight is 352 g/mol. The number of pyridine rings is 2. The molecule has 0 saturated heterocycles. The number of hydrogen-bond donors (Lipinski definition) is 0. The van der Waals surface area contributed by atoms with Crippen molar-refractivity contribution in [1.29, 1.82) is 0 Å². The molecule has 1 aromatic carbocycles. The van der Waals surface area contributed by atoms with E-state index in [4.69, 9.17) is 11.6 Å². The van der Waals surface area contributed by atoms with Crippen LogP contribution in [0.15, 0.2) is 59.9 Å². The Morgan fingerprint density at radius 3 is 2.72 bits per heavy atom. The number of allylic oxidation sites excluding steroid dienone is 1. The highest BCUT2D eigenvalue weighted by molar-refractivity contribution is 6.31. The van der Waals surface area contributed by atoms with Crippen molar-refractivity contribution in [3.63, 3.8) is 0 Å². The third-order valence-corrected chi connectivity index (χ3v) is 3.99. The Kier molecular flexibility index (Phi) is 5.00. The molecule has 0 atom stereocenters. The molecule has 2 aromatic heterocycles. The van der Waals surface area contributed by atoms with Crippen LogP contribution >= 0.6 is 11.6 Å². The van der Waals surface area contributed by atoms with E-state index in [1.54, 1.807) is 24.5 Å². The maximum atomic E-state index is 13.5. The minimum Gasteiger partial charge on any atom is -0.256 e. The fourth-order valence-corrected chi connectivity index (χ4v) is 2.75. The fourth-order valence-electron chi connectivity index (χ4n) is 2.57. The Morgan fingerprint density at radius 2 is 2.00 bits per heavy atom. The van der Waals surface area contributed by atoms with Gasteiger partial charge in [0.2, 0.25) is 0 Å². The lowest BCUT2D eigenvalue weighted by Crippen LogP contribution is -1.91. The molecule has 0 aliphatic heterocycles. The van der Waals surface area contributed by atoms with E-state index in [-0.39, 0.29) is 5.02 Å². The first-order valence-corrected chi connectivity index (χ1v) is 8.02. The van der Waals surface area contributed by atoms with Gasteiger partial charge in [-0.2, -0.15) is 0 Å². The molecule has 3 rings (SSSR count). The minimum absolute atomic E-state index is 0.0630. The molecule has 124 valence electrons. The van der Waals surface area contributed by atoms with Gasteiger partial charge in [-0.3, -0.25) is 4.98 Å². The molecule has 0 radical (unpaired) electrons. The largest absolute Gasteiger partial charge is 0.256 e. The second-order valence-corrected chi connectivity index (χ2v) is 5.73. The van der Waals surface area contributed by atoms with Crippen LogP contribution in [0.4, 0.5) is 10.2 Å². The molecule has 0 N–H and O–H groups in total. The van der Waals surface area contributed by atoms with Crippen molar-refractivity contribution < 1.29 is 4.39 Å². The summed E-state index contributed by atoms with van der Waals surface area (Å²) in [6, 6.07) is 10.3. The van der Waals surface area contributed by atoms with Gasteiger partial charge < -0.3 is 0 Å². The fraction of sp³-hybridized carbons (Fsp3) is 0.0500. The monoisotopic (exact) mass is 351 g/mol. The van der Waals surface area contributed by atoms with Gasteiger partial charge in [-0.1, -0.05) is 29.8 Å². The topological polar surface area (TPSA) is 38.1 Å². The zero-order valence-electron chi connectivity index (χ0n) is 13.6. The number of aromatic nitrogens is 2.